The predicted molar refractivity (Wildman–Crippen MR) is 90.6 cm³/mol. The minimum Gasteiger partial charge on any atom is -0.486 e. The number of hydrogen-bond acceptors (Lipinski definition) is 3. The lowest BCUT2D eigenvalue weighted by molar-refractivity contribution is 0.191. The average molecular weight is 340 g/mol. The zero-order chi connectivity index (χ0) is 15.9. The van der Waals surface area contributed by atoms with Gasteiger partial charge in [-0.15, -0.1) is 0 Å². The van der Waals surface area contributed by atoms with E-state index in [1.54, 1.807) is 6.92 Å². The zero-order valence-electron chi connectivity index (χ0n) is 12.4. The Kier molecular flexibility index (Phi) is 6.52. The molecule has 0 aromatic heterocycles. The van der Waals surface area contributed by atoms with Crippen molar-refractivity contribution in [2.75, 3.05) is 6.54 Å². The number of aliphatic hydroxyl groups excluding tert-OH is 1. The van der Waals surface area contributed by atoms with Crippen molar-refractivity contribution < 1.29 is 9.84 Å². The molecule has 1 unspecified atom stereocenters. The summed E-state index contributed by atoms with van der Waals surface area (Å²) in [6.45, 7) is 3.25. The first-order valence-corrected chi connectivity index (χ1v) is 7.85. The van der Waals surface area contributed by atoms with Gasteiger partial charge < -0.3 is 15.2 Å². The fraction of sp³-hybridized carbons (Fsp3) is 0.294. The number of ether oxygens (including phenoxy) is 1. The molecule has 2 aromatic rings. The molecule has 0 spiro atoms. The van der Waals surface area contributed by atoms with Crippen LogP contribution in [0.3, 0.4) is 0 Å². The highest BCUT2D eigenvalue weighted by atomic mass is 35.5. The van der Waals surface area contributed by atoms with Crippen LogP contribution in [0, 0.1) is 0 Å². The second kappa shape index (κ2) is 8.39. The Balaban J connectivity index is 2.00. The van der Waals surface area contributed by atoms with Crippen molar-refractivity contribution in [1.82, 2.24) is 5.32 Å². The van der Waals surface area contributed by atoms with Crippen LogP contribution < -0.4 is 10.1 Å². The third-order valence-corrected chi connectivity index (χ3v) is 3.61. The van der Waals surface area contributed by atoms with E-state index in [-0.39, 0.29) is 6.10 Å². The fourth-order valence-electron chi connectivity index (χ4n) is 2.01. The van der Waals surface area contributed by atoms with Crippen molar-refractivity contribution in [1.29, 1.82) is 0 Å². The molecule has 0 saturated heterocycles. The van der Waals surface area contributed by atoms with E-state index in [0.717, 1.165) is 11.1 Å². The quantitative estimate of drug-likeness (QED) is 0.799. The van der Waals surface area contributed by atoms with E-state index in [1.807, 2.05) is 42.5 Å². The van der Waals surface area contributed by atoms with Gasteiger partial charge in [-0.25, -0.2) is 0 Å². The Morgan fingerprint density at radius 1 is 1.09 bits per heavy atom. The summed E-state index contributed by atoms with van der Waals surface area (Å²) in [5, 5.41) is 13.3. The van der Waals surface area contributed by atoms with Gasteiger partial charge in [-0.2, -0.15) is 0 Å². The lowest BCUT2D eigenvalue weighted by Crippen LogP contribution is -2.23. The second-order valence-corrected chi connectivity index (χ2v) is 5.96. The van der Waals surface area contributed by atoms with Crippen molar-refractivity contribution >= 4 is 23.2 Å². The third-order valence-electron chi connectivity index (χ3n) is 3.05. The summed E-state index contributed by atoms with van der Waals surface area (Å²) in [4.78, 5) is 0. The lowest BCUT2D eigenvalue weighted by Gasteiger charge is -2.13. The van der Waals surface area contributed by atoms with E-state index in [1.165, 1.54) is 0 Å². The van der Waals surface area contributed by atoms with E-state index in [0.29, 0.717) is 35.5 Å². The van der Waals surface area contributed by atoms with Gasteiger partial charge in [0, 0.05) is 13.1 Å². The molecule has 0 aliphatic carbocycles. The molecule has 0 aliphatic heterocycles. The highest BCUT2D eigenvalue weighted by molar-refractivity contribution is 6.37. The van der Waals surface area contributed by atoms with Gasteiger partial charge in [0.1, 0.15) is 6.61 Å². The highest BCUT2D eigenvalue weighted by Crippen LogP contribution is 2.34. The average Bonchev–Trinajstić information content (AvgIpc) is 2.47. The SMILES string of the molecule is CC(O)CNCc1cc(Cl)c(OCc2ccccc2)c(Cl)c1. The summed E-state index contributed by atoms with van der Waals surface area (Å²) in [7, 11) is 0. The number of benzene rings is 2. The minimum absolute atomic E-state index is 0.389. The largest absolute Gasteiger partial charge is 0.486 e. The molecule has 0 bridgehead atoms. The topological polar surface area (TPSA) is 41.5 Å². The van der Waals surface area contributed by atoms with Gasteiger partial charge in [0.05, 0.1) is 16.1 Å². The molecule has 0 heterocycles. The normalized spacial score (nSPS) is 12.2. The van der Waals surface area contributed by atoms with Crippen LogP contribution in [0.4, 0.5) is 0 Å². The monoisotopic (exact) mass is 339 g/mol. The number of rotatable bonds is 7. The molecular weight excluding hydrogens is 321 g/mol. The summed E-state index contributed by atoms with van der Waals surface area (Å²) in [6.07, 6.45) is -0.389. The molecule has 5 heteroatoms. The van der Waals surface area contributed by atoms with Crippen LogP contribution in [-0.2, 0) is 13.2 Å². The number of nitrogens with one attached hydrogen (secondary N) is 1. The van der Waals surface area contributed by atoms with Crippen LogP contribution in [0.1, 0.15) is 18.1 Å². The minimum atomic E-state index is -0.389. The highest BCUT2D eigenvalue weighted by Gasteiger charge is 2.10. The first-order chi connectivity index (χ1) is 10.6. The van der Waals surface area contributed by atoms with Crippen LogP contribution in [0.2, 0.25) is 10.0 Å². The smallest absolute Gasteiger partial charge is 0.156 e. The van der Waals surface area contributed by atoms with Gasteiger partial charge in [0.15, 0.2) is 5.75 Å². The third kappa shape index (κ3) is 5.18. The number of aliphatic hydroxyl groups is 1. The summed E-state index contributed by atoms with van der Waals surface area (Å²) >= 11 is 12.5. The maximum absolute atomic E-state index is 9.23. The van der Waals surface area contributed by atoms with Gasteiger partial charge in [-0.3, -0.25) is 0 Å². The van der Waals surface area contributed by atoms with E-state index < -0.39 is 0 Å². The van der Waals surface area contributed by atoms with E-state index in [2.05, 4.69) is 5.32 Å². The molecule has 0 radical (unpaired) electrons. The van der Waals surface area contributed by atoms with Gasteiger partial charge in [-0.1, -0.05) is 53.5 Å². The van der Waals surface area contributed by atoms with Gasteiger partial charge in [-0.05, 0) is 30.2 Å². The van der Waals surface area contributed by atoms with Gasteiger partial charge in [0.2, 0.25) is 0 Å². The molecule has 3 nitrogen and oxygen atoms in total. The molecule has 2 aromatic carbocycles. The Labute approximate surface area is 140 Å². The zero-order valence-corrected chi connectivity index (χ0v) is 13.9. The van der Waals surface area contributed by atoms with Crippen LogP contribution in [0.5, 0.6) is 5.75 Å². The predicted octanol–water partition coefficient (Wildman–Crippen LogP) is 4.04. The standard InChI is InChI=1S/C17H19Cl2NO2/c1-12(21)9-20-10-14-7-15(18)17(16(19)8-14)22-11-13-5-3-2-4-6-13/h2-8,12,20-21H,9-11H2,1H3. The fourth-order valence-corrected chi connectivity index (χ4v) is 2.65. The van der Waals surface area contributed by atoms with Crippen LogP contribution >= 0.6 is 23.2 Å². The Bertz CT molecular complexity index is 580. The maximum Gasteiger partial charge on any atom is 0.156 e. The molecule has 118 valence electrons. The first kappa shape index (κ1) is 17.1. The van der Waals surface area contributed by atoms with Crippen LogP contribution in [0.25, 0.3) is 0 Å². The van der Waals surface area contributed by atoms with Crippen LogP contribution in [-0.4, -0.2) is 17.8 Å². The number of halogens is 2. The first-order valence-electron chi connectivity index (χ1n) is 7.09. The molecule has 22 heavy (non-hydrogen) atoms. The van der Waals surface area contributed by atoms with Crippen molar-refractivity contribution in [2.45, 2.75) is 26.2 Å². The van der Waals surface area contributed by atoms with E-state index in [9.17, 15) is 5.11 Å². The summed E-state index contributed by atoms with van der Waals surface area (Å²) in [5.74, 6) is 0.492. The molecule has 2 rings (SSSR count). The van der Waals surface area contributed by atoms with E-state index in [4.69, 9.17) is 27.9 Å². The molecular formula is C17H19Cl2NO2. The molecule has 0 aliphatic rings. The van der Waals surface area contributed by atoms with Crippen molar-refractivity contribution in [3.8, 4) is 5.75 Å². The van der Waals surface area contributed by atoms with Crippen molar-refractivity contribution in [3.05, 3.63) is 63.6 Å². The number of hydrogen-bond donors (Lipinski definition) is 2. The maximum atomic E-state index is 9.23. The lowest BCUT2D eigenvalue weighted by atomic mass is 10.2. The summed E-state index contributed by atoms with van der Waals surface area (Å²) in [6, 6.07) is 13.5. The molecule has 2 N–H and O–H groups in total. The van der Waals surface area contributed by atoms with Gasteiger partial charge in [0.25, 0.3) is 0 Å². The Hall–Kier alpha value is -1.26. The second-order valence-electron chi connectivity index (χ2n) is 5.14. The molecule has 0 fully saturated rings. The summed E-state index contributed by atoms with van der Waals surface area (Å²) in [5.41, 5.74) is 2.00. The molecule has 1 atom stereocenters. The Morgan fingerprint density at radius 3 is 2.32 bits per heavy atom. The Morgan fingerprint density at radius 2 is 1.73 bits per heavy atom. The van der Waals surface area contributed by atoms with Crippen LogP contribution in [0.15, 0.2) is 42.5 Å². The van der Waals surface area contributed by atoms with Gasteiger partial charge >= 0.3 is 0 Å². The summed E-state index contributed by atoms with van der Waals surface area (Å²) < 4.78 is 5.73. The van der Waals surface area contributed by atoms with Crippen molar-refractivity contribution in [2.24, 2.45) is 0 Å². The van der Waals surface area contributed by atoms with E-state index >= 15 is 0 Å². The molecule has 0 saturated carbocycles. The van der Waals surface area contributed by atoms with Crippen molar-refractivity contribution in [3.63, 3.8) is 0 Å². The molecule has 0 amide bonds.